The fourth-order valence-electron chi connectivity index (χ4n) is 2.50. The average Bonchev–Trinajstić information content (AvgIpc) is 2.98. The highest BCUT2D eigenvalue weighted by atomic mass is 32.1. The van der Waals surface area contributed by atoms with E-state index in [2.05, 4.69) is 10.3 Å². The number of fused-ring (bicyclic) bond motifs is 1. The number of allylic oxidation sites excluding steroid dienone is 1. The van der Waals surface area contributed by atoms with Gasteiger partial charge in [-0.25, -0.2) is 4.98 Å². The third-order valence-corrected chi connectivity index (χ3v) is 4.82. The Hall–Kier alpha value is -1.76. The molecule has 1 aliphatic carbocycles. The fourth-order valence-corrected chi connectivity index (χ4v) is 3.48. The van der Waals surface area contributed by atoms with Gasteiger partial charge in [-0.2, -0.15) is 0 Å². The number of hydrogen-bond donors (Lipinski definition) is 3. The SMILES string of the molecule is O=C(N[C@@H]1C=CCCC1)[C@H](O)[C@@H](O)c1nc2ccccc2s1. The topological polar surface area (TPSA) is 82.5 Å². The Morgan fingerprint density at radius 3 is 2.91 bits per heavy atom. The quantitative estimate of drug-likeness (QED) is 0.752. The smallest absolute Gasteiger partial charge is 0.252 e. The van der Waals surface area contributed by atoms with Gasteiger partial charge in [0, 0.05) is 6.04 Å². The molecule has 1 aliphatic rings. The van der Waals surface area contributed by atoms with Crippen molar-refractivity contribution >= 4 is 27.5 Å². The van der Waals surface area contributed by atoms with Crippen LogP contribution in [0.5, 0.6) is 0 Å². The molecule has 6 heteroatoms. The van der Waals surface area contributed by atoms with E-state index in [9.17, 15) is 15.0 Å². The van der Waals surface area contributed by atoms with E-state index in [1.807, 2.05) is 36.4 Å². The molecule has 0 bridgehead atoms. The van der Waals surface area contributed by atoms with Crippen molar-refractivity contribution < 1.29 is 15.0 Å². The maximum atomic E-state index is 12.1. The monoisotopic (exact) mass is 318 g/mol. The number of thiazole rings is 1. The van der Waals surface area contributed by atoms with E-state index in [4.69, 9.17) is 0 Å². The standard InChI is InChI=1S/C16H18N2O3S/c19-13(15(21)17-10-6-2-1-3-7-10)14(20)16-18-11-8-4-5-9-12(11)22-16/h2,4-6,8-10,13-14,19-20H,1,3,7H2,(H,17,21)/t10-,13-,14-/m1/s1. The van der Waals surface area contributed by atoms with Crippen LogP contribution in [0.2, 0.25) is 0 Å². The molecule has 22 heavy (non-hydrogen) atoms. The summed E-state index contributed by atoms with van der Waals surface area (Å²) in [6.07, 6.45) is 4.00. The maximum absolute atomic E-state index is 12.1. The lowest BCUT2D eigenvalue weighted by atomic mass is 10.0. The third kappa shape index (κ3) is 3.19. The molecular formula is C16H18N2O3S. The predicted molar refractivity (Wildman–Crippen MR) is 85.5 cm³/mol. The van der Waals surface area contributed by atoms with Gasteiger partial charge >= 0.3 is 0 Å². The number of benzene rings is 1. The first-order chi connectivity index (χ1) is 10.6. The van der Waals surface area contributed by atoms with Crippen molar-refractivity contribution in [1.29, 1.82) is 0 Å². The minimum atomic E-state index is -1.52. The van der Waals surface area contributed by atoms with Gasteiger partial charge in [-0.15, -0.1) is 11.3 Å². The molecular weight excluding hydrogens is 300 g/mol. The highest BCUT2D eigenvalue weighted by Gasteiger charge is 2.29. The highest BCUT2D eigenvalue weighted by molar-refractivity contribution is 7.18. The Morgan fingerprint density at radius 1 is 1.36 bits per heavy atom. The lowest BCUT2D eigenvalue weighted by Gasteiger charge is -2.21. The molecule has 0 saturated carbocycles. The zero-order chi connectivity index (χ0) is 15.5. The van der Waals surface area contributed by atoms with Crippen LogP contribution in [0.15, 0.2) is 36.4 Å². The van der Waals surface area contributed by atoms with Gasteiger partial charge in [0.2, 0.25) is 0 Å². The predicted octanol–water partition coefficient (Wildman–Crippen LogP) is 1.92. The Balaban J connectivity index is 1.70. The summed E-state index contributed by atoms with van der Waals surface area (Å²) in [6.45, 7) is 0. The van der Waals surface area contributed by atoms with Crippen LogP contribution in [-0.4, -0.2) is 33.3 Å². The Morgan fingerprint density at radius 2 is 2.18 bits per heavy atom. The molecule has 0 fully saturated rings. The number of carbonyl (C=O) groups excluding carboxylic acids is 1. The van der Waals surface area contributed by atoms with Crippen molar-refractivity contribution in [3.63, 3.8) is 0 Å². The van der Waals surface area contributed by atoms with Crippen molar-refractivity contribution in [2.24, 2.45) is 0 Å². The fraction of sp³-hybridized carbons (Fsp3) is 0.375. The second kappa shape index (κ2) is 6.56. The number of para-hydroxylation sites is 1. The number of amides is 1. The molecule has 1 heterocycles. The van der Waals surface area contributed by atoms with Crippen LogP contribution in [0.3, 0.4) is 0 Å². The molecule has 116 valence electrons. The van der Waals surface area contributed by atoms with Crippen LogP contribution in [0.4, 0.5) is 0 Å². The van der Waals surface area contributed by atoms with E-state index < -0.39 is 18.1 Å². The van der Waals surface area contributed by atoms with Crippen molar-refractivity contribution in [3.05, 3.63) is 41.4 Å². The van der Waals surface area contributed by atoms with Gasteiger partial charge in [-0.05, 0) is 31.4 Å². The summed E-state index contributed by atoms with van der Waals surface area (Å²) < 4.78 is 0.916. The van der Waals surface area contributed by atoms with Gasteiger partial charge < -0.3 is 15.5 Å². The first kappa shape index (κ1) is 15.1. The summed E-state index contributed by atoms with van der Waals surface area (Å²) in [6, 6.07) is 7.40. The van der Waals surface area contributed by atoms with Crippen molar-refractivity contribution in [1.82, 2.24) is 10.3 Å². The third-order valence-electron chi connectivity index (χ3n) is 3.71. The summed E-state index contributed by atoms with van der Waals surface area (Å²) in [5.41, 5.74) is 0.754. The number of aliphatic hydroxyl groups excluding tert-OH is 2. The van der Waals surface area contributed by atoms with Gasteiger partial charge in [0.05, 0.1) is 10.2 Å². The van der Waals surface area contributed by atoms with Crippen molar-refractivity contribution in [2.45, 2.75) is 37.5 Å². The summed E-state index contributed by atoms with van der Waals surface area (Å²) >= 11 is 1.28. The molecule has 3 atom stereocenters. The molecule has 1 amide bonds. The lowest BCUT2D eigenvalue weighted by molar-refractivity contribution is -0.135. The molecule has 0 saturated heterocycles. The molecule has 1 aromatic heterocycles. The average molecular weight is 318 g/mol. The van der Waals surface area contributed by atoms with Crippen LogP contribution in [0.25, 0.3) is 10.2 Å². The molecule has 0 spiro atoms. The van der Waals surface area contributed by atoms with Gasteiger partial charge in [0.1, 0.15) is 11.1 Å². The van der Waals surface area contributed by atoms with Crippen LogP contribution < -0.4 is 5.32 Å². The number of aliphatic hydroxyl groups is 2. The zero-order valence-corrected chi connectivity index (χ0v) is 12.8. The van der Waals surface area contributed by atoms with Crippen molar-refractivity contribution in [2.75, 3.05) is 0 Å². The molecule has 0 unspecified atom stereocenters. The molecule has 1 aromatic carbocycles. The molecule has 0 radical (unpaired) electrons. The minimum absolute atomic E-state index is 0.0709. The molecule has 3 N–H and O–H groups in total. The van der Waals surface area contributed by atoms with Crippen LogP contribution in [-0.2, 0) is 4.79 Å². The minimum Gasteiger partial charge on any atom is -0.383 e. The molecule has 2 aromatic rings. The lowest BCUT2D eigenvalue weighted by Crippen LogP contribution is -2.43. The Bertz CT molecular complexity index is 665. The van der Waals surface area contributed by atoms with Crippen LogP contribution >= 0.6 is 11.3 Å². The Kier molecular flexibility index (Phi) is 4.52. The van der Waals surface area contributed by atoms with E-state index in [-0.39, 0.29) is 6.04 Å². The second-order valence-electron chi connectivity index (χ2n) is 5.38. The summed E-state index contributed by atoms with van der Waals surface area (Å²) in [4.78, 5) is 16.3. The zero-order valence-electron chi connectivity index (χ0n) is 12.0. The summed E-state index contributed by atoms with van der Waals surface area (Å²) in [5.74, 6) is -0.566. The largest absolute Gasteiger partial charge is 0.383 e. The number of rotatable bonds is 4. The van der Waals surface area contributed by atoms with Gasteiger partial charge in [-0.1, -0.05) is 24.3 Å². The van der Waals surface area contributed by atoms with Crippen molar-refractivity contribution in [3.8, 4) is 0 Å². The number of aromatic nitrogens is 1. The van der Waals surface area contributed by atoms with Crippen LogP contribution in [0.1, 0.15) is 30.4 Å². The van der Waals surface area contributed by atoms with E-state index in [0.29, 0.717) is 5.01 Å². The van der Waals surface area contributed by atoms with Gasteiger partial charge in [0.15, 0.2) is 6.10 Å². The van der Waals surface area contributed by atoms with Crippen LogP contribution in [0, 0.1) is 0 Å². The number of hydrogen-bond acceptors (Lipinski definition) is 5. The summed E-state index contributed by atoms with van der Waals surface area (Å²) in [5, 5.41) is 23.4. The van der Waals surface area contributed by atoms with E-state index in [1.54, 1.807) is 0 Å². The molecule has 3 rings (SSSR count). The van der Waals surface area contributed by atoms with E-state index in [0.717, 1.165) is 29.5 Å². The first-order valence-electron chi connectivity index (χ1n) is 7.34. The van der Waals surface area contributed by atoms with E-state index >= 15 is 0 Å². The molecule has 0 aliphatic heterocycles. The Labute approximate surface area is 132 Å². The normalized spacial score (nSPS) is 20.7. The number of carbonyl (C=O) groups is 1. The van der Waals surface area contributed by atoms with Gasteiger partial charge in [-0.3, -0.25) is 4.79 Å². The first-order valence-corrected chi connectivity index (χ1v) is 8.15. The maximum Gasteiger partial charge on any atom is 0.252 e. The highest BCUT2D eigenvalue weighted by Crippen LogP contribution is 2.28. The van der Waals surface area contributed by atoms with Gasteiger partial charge in [0.25, 0.3) is 5.91 Å². The number of nitrogens with zero attached hydrogens (tertiary/aromatic N) is 1. The second-order valence-corrected chi connectivity index (χ2v) is 6.45. The summed E-state index contributed by atoms with van der Waals surface area (Å²) in [7, 11) is 0. The van der Waals surface area contributed by atoms with E-state index in [1.165, 1.54) is 11.3 Å². The number of nitrogens with one attached hydrogen (secondary N) is 1. The molecule has 5 nitrogen and oxygen atoms in total.